The Kier molecular flexibility index (Phi) is 4.77. The minimum Gasteiger partial charge on any atom is -0.493 e. The second kappa shape index (κ2) is 6.75. The molecule has 0 aliphatic carbocycles. The molecule has 0 bridgehead atoms. The molecule has 0 saturated carbocycles. The third kappa shape index (κ3) is 3.85. The maximum absolute atomic E-state index is 11.8. The molecule has 0 fully saturated rings. The molecule has 0 heterocycles. The number of hydrogen-bond acceptors (Lipinski definition) is 2. The van der Waals surface area contributed by atoms with E-state index in [0.717, 1.165) is 22.6 Å². The quantitative estimate of drug-likeness (QED) is 0.898. The van der Waals surface area contributed by atoms with E-state index in [2.05, 4.69) is 5.32 Å². The number of anilines is 1. The summed E-state index contributed by atoms with van der Waals surface area (Å²) in [7, 11) is 0. The maximum Gasteiger partial charge on any atom is 0.227 e. The zero-order valence-electron chi connectivity index (χ0n) is 11.8. The molecule has 0 saturated heterocycles. The average Bonchev–Trinajstić information content (AvgIpc) is 2.43. The molecular weight excluding hydrogens is 250 g/mol. The molecule has 20 heavy (non-hydrogen) atoms. The molecule has 0 atom stereocenters. The van der Waals surface area contributed by atoms with Gasteiger partial charge in [0.25, 0.3) is 0 Å². The van der Waals surface area contributed by atoms with E-state index in [9.17, 15) is 4.79 Å². The lowest BCUT2D eigenvalue weighted by Gasteiger charge is -2.10. The summed E-state index contributed by atoms with van der Waals surface area (Å²) in [5.41, 5.74) is 2.99. The normalized spacial score (nSPS) is 10.1. The Bertz CT molecular complexity index is 593. The fourth-order valence-corrected chi connectivity index (χ4v) is 1.90. The van der Waals surface area contributed by atoms with Crippen LogP contribution in [-0.2, 0) is 4.79 Å². The zero-order chi connectivity index (χ0) is 14.4. The Morgan fingerprint density at radius 1 is 1.00 bits per heavy atom. The molecule has 0 aliphatic rings. The van der Waals surface area contributed by atoms with Gasteiger partial charge in [0.1, 0.15) is 5.75 Å². The van der Waals surface area contributed by atoms with Crippen molar-refractivity contribution >= 4 is 11.6 Å². The number of aryl methyl sites for hydroxylation is 2. The van der Waals surface area contributed by atoms with E-state index in [4.69, 9.17) is 4.74 Å². The van der Waals surface area contributed by atoms with E-state index >= 15 is 0 Å². The zero-order valence-corrected chi connectivity index (χ0v) is 11.8. The molecule has 0 radical (unpaired) electrons. The highest BCUT2D eigenvalue weighted by Gasteiger charge is 2.05. The SMILES string of the molecule is Cc1ccccc1NC(=O)CCOc1ccccc1C. The molecule has 2 rings (SSSR count). The van der Waals surface area contributed by atoms with Gasteiger partial charge in [0.15, 0.2) is 0 Å². The largest absolute Gasteiger partial charge is 0.493 e. The number of nitrogens with one attached hydrogen (secondary N) is 1. The topological polar surface area (TPSA) is 38.3 Å². The van der Waals surface area contributed by atoms with Gasteiger partial charge < -0.3 is 10.1 Å². The summed E-state index contributed by atoms with van der Waals surface area (Å²) in [4.78, 5) is 11.8. The van der Waals surface area contributed by atoms with Gasteiger partial charge in [-0.15, -0.1) is 0 Å². The Balaban J connectivity index is 1.82. The van der Waals surface area contributed by atoms with E-state index in [0.29, 0.717) is 13.0 Å². The highest BCUT2D eigenvalue weighted by atomic mass is 16.5. The fraction of sp³-hybridized carbons (Fsp3) is 0.235. The summed E-state index contributed by atoms with van der Waals surface area (Å²) in [6, 6.07) is 15.5. The Labute approximate surface area is 119 Å². The fourth-order valence-electron chi connectivity index (χ4n) is 1.90. The maximum atomic E-state index is 11.8. The summed E-state index contributed by atoms with van der Waals surface area (Å²) < 4.78 is 5.61. The number of rotatable bonds is 5. The first-order valence-electron chi connectivity index (χ1n) is 6.71. The van der Waals surface area contributed by atoms with Gasteiger partial charge in [-0.05, 0) is 37.1 Å². The van der Waals surface area contributed by atoms with Crippen LogP contribution in [0, 0.1) is 13.8 Å². The first-order valence-corrected chi connectivity index (χ1v) is 6.71. The molecule has 2 aromatic carbocycles. The first kappa shape index (κ1) is 14.1. The monoisotopic (exact) mass is 269 g/mol. The van der Waals surface area contributed by atoms with Crippen molar-refractivity contribution in [1.29, 1.82) is 0 Å². The van der Waals surface area contributed by atoms with Crippen LogP contribution in [0.2, 0.25) is 0 Å². The minimum absolute atomic E-state index is 0.0344. The summed E-state index contributed by atoms with van der Waals surface area (Å²) >= 11 is 0. The van der Waals surface area contributed by atoms with Crippen LogP contribution in [0.4, 0.5) is 5.69 Å². The predicted molar refractivity (Wildman–Crippen MR) is 81.1 cm³/mol. The van der Waals surface area contributed by atoms with Crippen LogP contribution in [-0.4, -0.2) is 12.5 Å². The van der Waals surface area contributed by atoms with Crippen molar-refractivity contribution in [2.75, 3.05) is 11.9 Å². The van der Waals surface area contributed by atoms with Crippen molar-refractivity contribution in [1.82, 2.24) is 0 Å². The molecule has 3 heteroatoms. The van der Waals surface area contributed by atoms with Gasteiger partial charge in [0.2, 0.25) is 5.91 Å². The number of hydrogen-bond donors (Lipinski definition) is 1. The number of benzene rings is 2. The summed E-state index contributed by atoms with van der Waals surface area (Å²) in [6.07, 6.45) is 0.336. The molecule has 3 nitrogen and oxygen atoms in total. The number of ether oxygens (including phenoxy) is 1. The number of carbonyl (C=O) groups excluding carboxylic acids is 1. The first-order chi connectivity index (χ1) is 9.66. The third-order valence-electron chi connectivity index (χ3n) is 3.10. The lowest BCUT2D eigenvalue weighted by atomic mass is 10.2. The number of para-hydroxylation sites is 2. The minimum atomic E-state index is -0.0344. The number of carbonyl (C=O) groups is 1. The highest BCUT2D eigenvalue weighted by molar-refractivity contribution is 5.91. The van der Waals surface area contributed by atoms with Gasteiger partial charge in [0, 0.05) is 5.69 Å². The van der Waals surface area contributed by atoms with E-state index < -0.39 is 0 Å². The summed E-state index contributed by atoms with van der Waals surface area (Å²) in [6.45, 7) is 4.34. The highest BCUT2D eigenvalue weighted by Crippen LogP contribution is 2.17. The lowest BCUT2D eigenvalue weighted by molar-refractivity contribution is -0.116. The van der Waals surface area contributed by atoms with Crippen molar-refractivity contribution in [3.8, 4) is 5.75 Å². The van der Waals surface area contributed by atoms with E-state index in [1.807, 2.05) is 62.4 Å². The van der Waals surface area contributed by atoms with Crippen LogP contribution >= 0.6 is 0 Å². The van der Waals surface area contributed by atoms with Gasteiger partial charge in [-0.25, -0.2) is 0 Å². The predicted octanol–water partition coefficient (Wildman–Crippen LogP) is 3.71. The van der Waals surface area contributed by atoms with Crippen molar-refractivity contribution in [3.63, 3.8) is 0 Å². The van der Waals surface area contributed by atoms with Crippen molar-refractivity contribution < 1.29 is 9.53 Å². The van der Waals surface area contributed by atoms with Crippen LogP contribution in [0.25, 0.3) is 0 Å². The van der Waals surface area contributed by atoms with E-state index in [1.165, 1.54) is 0 Å². The van der Waals surface area contributed by atoms with E-state index in [1.54, 1.807) is 0 Å². The van der Waals surface area contributed by atoms with Gasteiger partial charge in [-0.2, -0.15) is 0 Å². The van der Waals surface area contributed by atoms with E-state index in [-0.39, 0.29) is 5.91 Å². The van der Waals surface area contributed by atoms with Gasteiger partial charge in [-0.1, -0.05) is 36.4 Å². The van der Waals surface area contributed by atoms with Crippen molar-refractivity contribution in [2.45, 2.75) is 20.3 Å². The average molecular weight is 269 g/mol. The molecule has 0 aliphatic heterocycles. The Morgan fingerprint density at radius 2 is 1.65 bits per heavy atom. The smallest absolute Gasteiger partial charge is 0.227 e. The van der Waals surface area contributed by atoms with Crippen molar-refractivity contribution in [3.05, 3.63) is 59.7 Å². The molecule has 2 aromatic rings. The molecule has 0 unspecified atom stereocenters. The standard InChI is InChI=1S/C17H19NO2/c1-13-7-3-5-9-15(13)18-17(19)11-12-20-16-10-6-4-8-14(16)2/h3-10H,11-12H2,1-2H3,(H,18,19). The Morgan fingerprint density at radius 3 is 2.35 bits per heavy atom. The van der Waals surface area contributed by atoms with Crippen LogP contribution in [0.3, 0.4) is 0 Å². The molecule has 0 spiro atoms. The third-order valence-corrected chi connectivity index (χ3v) is 3.10. The Hall–Kier alpha value is -2.29. The van der Waals surface area contributed by atoms with Gasteiger partial charge in [-0.3, -0.25) is 4.79 Å². The summed E-state index contributed by atoms with van der Waals surface area (Å²) in [5.74, 6) is 0.795. The van der Waals surface area contributed by atoms with Crippen LogP contribution in [0.5, 0.6) is 5.75 Å². The van der Waals surface area contributed by atoms with Gasteiger partial charge >= 0.3 is 0 Å². The van der Waals surface area contributed by atoms with Crippen LogP contribution in [0.1, 0.15) is 17.5 Å². The van der Waals surface area contributed by atoms with Crippen LogP contribution in [0.15, 0.2) is 48.5 Å². The van der Waals surface area contributed by atoms with Gasteiger partial charge in [0.05, 0.1) is 13.0 Å². The summed E-state index contributed by atoms with van der Waals surface area (Å²) in [5, 5.41) is 2.89. The molecule has 104 valence electrons. The molecule has 1 amide bonds. The molecular formula is C17H19NO2. The second-order valence-electron chi connectivity index (χ2n) is 4.73. The lowest BCUT2D eigenvalue weighted by Crippen LogP contribution is -2.15. The molecule has 0 aromatic heterocycles. The molecule has 1 N–H and O–H groups in total. The van der Waals surface area contributed by atoms with Crippen molar-refractivity contribution in [2.24, 2.45) is 0 Å². The number of amides is 1. The second-order valence-corrected chi connectivity index (χ2v) is 4.73. The van der Waals surface area contributed by atoms with Crippen LogP contribution < -0.4 is 10.1 Å².